The Morgan fingerprint density at radius 3 is 1.60 bits per heavy atom. The van der Waals surface area contributed by atoms with Crippen LogP contribution in [0.1, 0.15) is 6.42 Å². The minimum absolute atomic E-state index is 0.0410. The number of hydrogen-bond acceptors (Lipinski definition) is 2. The Bertz CT molecular complexity index is 949. The van der Waals surface area contributed by atoms with Crippen molar-refractivity contribution in [2.24, 2.45) is 17.8 Å². The predicted octanol–water partition coefficient (Wildman–Crippen LogP) is 3.52. The number of esters is 1. The molecule has 2 aliphatic rings. The van der Waals surface area contributed by atoms with Crippen molar-refractivity contribution in [2.45, 2.75) is 10.4 Å². The predicted molar refractivity (Wildman–Crippen MR) is 124 cm³/mol. The van der Waals surface area contributed by atoms with E-state index in [1.165, 1.54) is 10.7 Å². The molecule has 0 unspecified atom stereocenters. The molecule has 3 aromatic carbocycles. The molecule has 0 saturated heterocycles. The summed E-state index contributed by atoms with van der Waals surface area (Å²) in [6.45, 7) is 0. The van der Waals surface area contributed by atoms with Gasteiger partial charge in [-0.2, -0.15) is 0 Å². The topological polar surface area (TPSA) is 26.3 Å². The number of benzene rings is 3. The van der Waals surface area contributed by atoms with Gasteiger partial charge in [-0.25, -0.2) is 0 Å². The zero-order chi connectivity index (χ0) is 20.6. The Hall–Kier alpha value is -2.33. The molecule has 0 aliphatic heterocycles. The molecule has 30 heavy (non-hydrogen) atoms. The molecule has 5 rings (SSSR count). The molecule has 3 heteroatoms. The molecule has 0 spiro atoms. The monoisotopic (exact) mass is 502 g/mol. The summed E-state index contributed by atoms with van der Waals surface area (Å²) in [7, 11) is 1.54. The summed E-state index contributed by atoms with van der Waals surface area (Å²) in [5, 5.41) is 0. The van der Waals surface area contributed by atoms with Gasteiger partial charge in [-0.1, -0.05) is 0 Å². The summed E-state index contributed by atoms with van der Waals surface area (Å²) in [4.78, 5) is 13.1. The molecule has 2 bridgehead atoms. The van der Waals surface area contributed by atoms with Crippen LogP contribution in [0, 0.1) is 17.8 Å². The third kappa shape index (κ3) is 2.96. The van der Waals surface area contributed by atoms with Crippen LogP contribution in [0.2, 0.25) is 3.93 Å². The molecular weight excluding hydrogens is 475 g/mol. The van der Waals surface area contributed by atoms with Crippen molar-refractivity contribution in [3.8, 4) is 0 Å². The fourth-order valence-corrected chi connectivity index (χ4v) is 23.5. The van der Waals surface area contributed by atoms with Crippen LogP contribution in [0.4, 0.5) is 0 Å². The Labute approximate surface area is 182 Å². The normalized spacial score (nSPS) is 24.7. The van der Waals surface area contributed by atoms with Gasteiger partial charge in [-0.05, 0) is 0 Å². The Morgan fingerprint density at radius 2 is 1.17 bits per heavy atom. The first-order valence-corrected chi connectivity index (χ1v) is 16.6. The van der Waals surface area contributed by atoms with E-state index in [0.717, 1.165) is 6.42 Å². The molecule has 1 saturated carbocycles. The first-order valence-electron chi connectivity index (χ1n) is 10.7. The molecule has 0 N–H and O–H groups in total. The van der Waals surface area contributed by atoms with Gasteiger partial charge in [0.1, 0.15) is 0 Å². The van der Waals surface area contributed by atoms with E-state index in [1.807, 2.05) is 0 Å². The summed E-state index contributed by atoms with van der Waals surface area (Å²) < 4.78 is 9.98. The van der Waals surface area contributed by atoms with Crippen LogP contribution in [-0.2, 0) is 9.53 Å². The van der Waals surface area contributed by atoms with Gasteiger partial charge in [0.05, 0.1) is 0 Å². The van der Waals surface area contributed by atoms with Gasteiger partial charge in [-0.15, -0.1) is 0 Å². The fourth-order valence-electron chi connectivity index (χ4n) is 6.05. The van der Waals surface area contributed by atoms with Crippen LogP contribution in [0.3, 0.4) is 0 Å². The van der Waals surface area contributed by atoms with E-state index in [4.69, 9.17) is 4.74 Å². The maximum absolute atomic E-state index is 13.1. The number of rotatable bonds is 5. The summed E-state index contributed by atoms with van der Waals surface area (Å²) >= 11 is -3.61. The van der Waals surface area contributed by atoms with Crippen LogP contribution in [-0.4, -0.2) is 31.5 Å². The third-order valence-electron chi connectivity index (χ3n) is 7.12. The van der Waals surface area contributed by atoms with Crippen molar-refractivity contribution in [1.29, 1.82) is 0 Å². The SMILES string of the molecule is COC(=O)[C@H]1[C@@H]([Sn]([c]2ccccc2)([c]2ccccc2)[c]2ccccc2)[C@@H]2C=C[C@H]1C2. The molecular formula is C27H26O2Sn. The van der Waals surface area contributed by atoms with Gasteiger partial charge < -0.3 is 0 Å². The zero-order valence-electron chi connectivity index (χ0n) is 17.1. The minimum atomic E-state index is -3.61. The van der Waals surface area contributed by atoms with Crippen LogP contribution in [0.15, 0.2) is 103 Å². The van der Waals surface area contributed by atoms with Gasteiger partial charge in [0, 0.05) is 0 Å². The van der Waals surface area contributed by atoms with E-state index in [9.17, 15) is 4.79 Å². The first-order chi connectivity index (χ1) is 14.8. The molecule has 0 aromatic heterocycles. The second kappa shape index (κ2) is 8.07. The summed E-state index contributed by atoms with van der Waals surface area (Å²) in [5.41, 5.74) is 0. The number of carbonyl (C=O) groups is 1. The van der Waals surface area contributed by atoms with E-state index >= 15 is 0 Å². The van der Waals surface area contributed by atoms with Crippen molar-refractivity contribution in [3.63, 3.8) is 0 Å². The van der Waals surface area contributed by atoms with Crippen LogP contribution in [0.5, 0.6) is 0 Å². The van der Waals surface area contributed by atoms with E-state index in [0.29, 0.717) is 15.8 Å². The number of fused-ring (bicyclic) bond motifs is 2. The summed E-state index contributed by atoms with van der Waals surface area (Å²) in [6.07, 6.45) is 5.71. The Balaban J connectivity index is 1.85. The maximum atomic E-state index is 13.1. The van der Waals surface area contributed by atoms with Crippen LogP contribution < -0.4 is 10.7 Å². The quantitative estimate of drug-likeness (QED) is 0.304. The summed E-state index contributed by atoms with van der Waals surface area (Å²) in [5.74, 6) is 0.609. The van der Waals surface area contributed by atoms with Gasteiger partial charge in [0.15, 0.2) is 0 Å². The number of methoxy groups -OCH3 is 1. The van der Waals surface area contributed by atoms with Gasteiger partial charge in [0.2, 0.25) is 0 Å². The van der Waals surface area contributed by atoms with Gasteiger partial charge in [0.25, 0.3) is 0 Å². The second-order valence-corrected chi connectivity index (χ2v) is 19.9. The van der Waals surface area contributed by atoms with Crippen LogP contribution >= 0.6 is 0 Å². The Kier molecular flexibility index (Phi) is 5.28. The van der Waals surface area contributed by atoms with Crippen LogP contribution in [0.25, 0.3) is 0 Å². The van der Waals surface area contributed by atoms with E-state index in [2.05, 4.69) is 103 Å². The number of ether oxygens (including phenoxy) is 1. The number of carbonyl (C=O) groups excluding carboxylic acids is 1. The Morgan fingerprint density at radius 1 is 0.733 bits per heavy atom. The molecule has 3 aromatic rings. The number of allylic oxidation sites excluding steroid dienone is 2. The van der Waals surface area contributed by atoms with Gasteiger partial charge in [-0.3, -0.25) is 0 Å². The first kappa shape index (κ1) is 19.6. The molecule has 2 nitrogen and oxygen atoms in total. The van der Waals surface area contributed by atoms with E-state index < -0.39 is 18.4 Å². The summed E-state index contributed by atoms with van der Waals surface area (Å²) in [6, 6.07) is 33.0. The third-order valence-corrected chi connectivity index (χ3v) is 22.9. The van der Waals surface area contributed by atoms with Crippen molar-refractivity contribution in [3.05, 3.63) is 103 Å². The van der Waals surface area contributed by atoms with Crippen molar-refractivity contribution < 1.29 is 9.53 Å². The zero-order valence-corrected chi connectivity index (χ0v) is 20.0. The molecule has 2 aliphatic carbocycles. The van der Waals surface area contributed by atoms with Gasteiger partial charge >= 0.3 is 183 Å². The average molecular weight is 501 g/mol. The van der Waals surface area contributed by atoms with E-state index in [1.54, 1.807) is 7.11 Å². The molecule has 4 atom stereocenters. The molecule has 0 amide bonds. The second-order valence-electron chi connectivity index (χ2n) is 8.43. The van der Waals surface area contributed by atoms with Crippen molar-refractivity contribution >= 4 is 35.1 Å². The fraction of sp³-hybridized carbons (Fsp3) is 0.222. The van der Waals surface area contributed by atoms with E-state index in [-0.39, 0.29) is 11.9 Å². The number of hydrogen-bond donors (Lipinski definition) is 0. The molecule has 150 valence electrons. The molecule has 0 radical (unpaired) electrons. The standard InChI is InChI=1S/C9H11O2.3C6H5.Sn/c1-11-9(10)8-5-6-2-3-7(8)4-6;3*1-2-4-6-5-3-1;/h2-3,5-8H,4H2,1H3;3*1-5H;/t6-,7+,8+;;;;/m1..../s1. The molecule has 1 fully saturated rings. The van der Waals surface area contributed by atoms with Crippen molar-refractivity contribution in [2.75, 3.05) is 7.11 Å². The van der Waals surface area contributed by atoms with Crippen molar-refractivity contribution in [1.82, 2.24) is 0 Å². The molecule has 0 heterocycles. The average Bonchev–Trinajstić information content (AvgIpc) is 3.44.